The second-order valence-electron chi connectivity index (χ2n) is 4.59. The Morgan fingerprint density at radius 1 is 1.24 bits per heavy atom. The first kappa shape index (κ1) is 14.0. The third-order valence-electron chi connectivity index (χ3n) is 3.13. The maximum Gasteiger partial charge on any atom is 0.121 e. The van der Waals surface area contributed by atoms with Crippen LogP contribution in [0.25, 0.3) is 0 Å². The zero-order valence-corrected chi connectivity index (χ0v) is 11.2. The van der Waals surface area contributed by atoms with Crippen LogP contribution in [0.4, 0.5) is 0 Å². The number of ether oxygens (including phenoxy) is 1. The van der Waals surface area contributed by atoms with Crippen LogP contribution in [0.3, 0.4) is 0 Å². The molecule has 96 valence electrons. The Morgan fingerprint density at radius 3 is 2.59 bits per heavy atom. The summed E-state index contributed by atoms with van der Waals surface area (Å²) in [5.41, 5.74) is 2.08. The van der Waals surface area contributed by atoms with Gasteiger partial charge in [-0.25, -0.2) is 0 Å². The van der Waals surface area contributed by atoms with Crippen LogP contribution in [0, 0.1) is 6.92 Å². The standard InChI is InChI=1S/C15H24O2/c1-4-5-6-7-8-14(16)13-9-10-15(17-3)12(2)11-13/h9-11,14,16H,4-8H2,1-3H3. The minimum Gasteiger partial charge on any atom is -0.496 e. The maximum absolute atomic E-state index is 10.1. The Kier molecular flexibility index (Phi) is 6.06. The van der Waals surface area contributed by atoms with Crippen molar-refractivity contribution in [1.29, 1.82) is 0 Å². The van der Waals surface area contributed by atoms with Crippen molar-refractivity contribution < 1.29 is 9.84 Å². The van der Waals surface area contributed by atoms with E-state index in [0.717, 1.165) is 29.7 Å². The molecule has 0 aliphatic rings. The van der Waals surface area contributed by atoms with E-state index >= 15 is 0 Å². The number of benzene rings is 1. The molecule has 1 N–H and O–H groups in total. The first-order chi connectivity index (χ1) is 8.19. The molecule has 0 bridgehead atoms. The molecule has 1 rings (SSSR count). The molecule has 0 amide bonds. The molecule has 0 heterocycles. The third kappa shape index (κ3) is 4.39. The molecule has 0 spiro atoms. The molecule has 0 aliphatic heterocycles. The number of hydrogen-bond acceptors (Lipinski definition) is 2. The summed E-state index contributed by atoms with van der Waals surface area (Å²) in [6.07, 6.45) is 5.32. The lowest BCUT2D eigenvalue weighted by Gasteiger charge is -2.13. The van der Waals surface area contributed by atoms with E-state index in [1.165, 1.54) is 19.3 Å². The summed E-state index contributed by atoms with van der Waals surface area (Å²) < 4.78 is 5.21. The van der Waals surface area contributed by atoms with Gasteiger partial charge in [-0.15, -0.1) is 0 Å². The van der Waals surface area contributed by atoms with E-state index in [0.29, 0.717) is 0 Å². The Bertz CT molecular complexity index is 334. The van der Waals surface area contributed by atoms with Crippen molar-refractivity contribution in [3.63, 3.8) is 0 Å². The van der Waals surface area contributed by atoms with E-state index in [1.807, 2.05) is 25.1 Å². The van der Waals surface area contributed by atoms with E-state index in [1.54, 1.807) is 7.11 Å². The molecule has 1 atom stereocenters. The molecule has 2 heteroatoms. The van der Waals surface area contributed by atoms with Crippen LogP contribution in [0.1, 0.15) is 56.3 Å². The minimum atomic E-state index is -0.337. The van der Waals surface area contributed by atoms with Gasteiger partial charge in [-0.1, -0.05) is 38.7 Å². The predicted octanol–water partition coefficient (Wildman–Crippen LogP) is 4.01. The third-order valence-corrected chi connectivity index (χ3v) is 3.13. The quantitative estimate of drug-likeness (QED) is 0.725. The SMILES string of the molecule is CCCCCCC(O)c1ccc(OC)c(C)c1. The van der Waals surface area contributed by atoms with Gasteiger partial charge in [-0.2, -0.15) is 0 Å². The van der Waals surface area contributed by atoms with Crippen LogP contribution >= 0.6 is 0 Å². The maximum atomic E-state index is 10.1. The van der Waals surface area contributed by atoms with Gasteiger partial charge in [0.25, 0.3) is 0 Å². The number of aliphatic hydroxyl groups excluding tert-OH is 1. The van der Waals surface area contributed by atoms with Gasteiger partial charge in [-0.05, 0) is 36.6 Å². The van der Waals surface area contributed by atoms with Crippen molar-refractivity contribution in [2.24, 2.45) is 0 Å². The van der Waals surface area contributed by atoms with Crippen LogP contribution in [-0.4, -0.2) is 12.2 Å². The Hall–Kier alpha value is -1.02. The van der Waals surface area contributed by atoms with Gasteiger partial charge in [0.2, 0.25) is 0 Å². The fraction of sp³-hybridized carbons (Fsp3) is 0.600. The number of hydrogen-bond donors (Lipinski definition) is 1. The number of methoxy groups -OCH3 is 1. The van der Waals surface area contributed by atoms with E-state index in [4.69, 9.17) is 4.74 Å². The van der Waals surface area contributed by atoms with E-state index in [2.05, 4.69) is 6.92 Å². The van der Waals surface area contributed by atoms with Gasteiger partial charge >= 0.3 is 0 Å². The average molecular weight is 236 g/mol. The zero-order chi connectivity index (χ0) is 12.7. The largest absolute Gasteiger partial charge is 0.496 e. The van der Waals surface area contributed by atoms with Crippen molar-refractivity contribution in [3.8, 4) is 5.75 Å². The molecule has 1 unspecified atom stereocenters. The van der Waals surface area contributed by atoms with Crippen LogP contribution in [0.5, 0.6) is 5.75 Å². The lowest BCUT2D eigenvalue weighted by Crippen LogP contribution is -1.99. The first-order valence-electron chi connectivity index (χ1n) is 6.51. The summed E-state index contributed by atoms with van der Waals surface area (Å²) in [4.78, 5) is 0. The molecule has 0 aliphatic carbocycles. The number of rotatable bonds is 7. The topological polar surface area (TPSA) is 29.5 Å². The van der Waals surface area contributed by atoms with Crippen molar-refractivity contribution in [2.45, 2.75) is 52.1 Å². The molecule has 1 aromatic carbocycles. The number of unbranched alkanes of at least 4 members (excludes halogenated alkanes) is 3. The van der Waals surface area contributed by atoms with Crippen LogP contribution in [0.2, 0.25) is 0 Å². The molecule has 0 radical (unpaired) electrons. The predicted molar refractivity (Wildman–Crippen MR) is 71.4 cm³/mol. The fourth-order valence-corrected chi connectivity index (χ4v) is 2.04. The van der Waals surface area contributed by atoms with Crippen molar-refractivity contribution in [3.05, 3.63) is 29.3 Å². The minimum absolute atomic E-state index is 0.337. The smallest absolute Gasteiger partial charge is 0.121 e. The molecule has 0 fully saturated rings. The Balaban J connectivity index is 2.51. The molecule has 0 saturated heterocycles. The highest BCUT2D eigenvalue weighted by Gasteiger charge is 2.08. The van der Waals surface area contributed by atoms with Gasteiger partial charge in [0.05, 0.1) is 13.2 Å². The van der Waals surface area contributed by atoms with Gasteiger partial charge in [0.15, 0.2) is 0 Å². The van der Waals surface area contributed by atoms with Crippen LogP contribution in [0.15, 0.2) is 18.2 Å². The van der Waals surface area contributed by atoms with E-state index < -0.39 is 0 Å². The van der Waals surface area contributed by atoms with Crippen molar-refractivity contribution in [1.82, 2.24) is 0 Å². The highest BCUT2D eigenvalue weighted by Crippen LogP contribution is 2.25. The zero-order valence-electron chi connectivity index (χ0n) is 11.2. The van der Waals surface area contributed by atoms with E-state index in [9.17, 15) is 5.11 Å². The first-order valence-corrected chi connectivity index (χ1v) is 6.51. The lowest BCUT2D eigenvalue weighted by atomic mass is 10.0. The molecule has 0 saturated carbocycles. The van der Waals surface area contributed by atoms with Gasteiger partial charge in [-0.3, -0.25) is 0 Å². The fourth-order valence-electron chi connectivity index (χ4n) is 2.04. The second-order valence-corrected chi connectivity index (χ2v) is 4.59. The molecular weight excluding hydrogens is 212 g/mol. The number of aryl methyl sites for hydroxylation is 1. The molecule has 1 aromatic rings. The highest BCUT2D eigenvalue weighted by atomic mass is 16.5. The summed E-state index contributed by atoms with van der Waals surface area (Å²) in [6, 6.07) is 5.90. The Morgan fingerprint density at radius 2 is 2.00 bits per heavy atom. The summed E-state index contributed by atoms with van der Waals surface area (Å²) in [7, 11) is 1.67. The normalized spacial score (nSPS) is 12.5. The molecule has 0 aromatic heterocycles. The highest BCUT2D eigenvalue weighted by molar-refractivity contribution is 5.36. The lowest BCUT2D eigenvalue weighted by molar-refractivity contribution is 0.163. The Labute approximate surface area is 105 Å². The monoisotopic (exact) mass is 236 g/mol. The summed E-state index contributed by atoms with van der Waals surface area (Å²) in [6.45, 7) is 4.20. The van der Waals surface area contributed by atoms with Gasteiger partial charge in [0.1, 0.15) is 5.75 Å². The molecule has 2 nitrogen and oxygen atoms in total. The molecule has 17 heavy (non-hydrogen) atoms. The van der Waals surface area contributed by atoms with Crippen molar-refractivity contribution >= 4 is 0 Å². The van der Waals surface area contributed by atoms with Crippen LogP contribution in [-0.2, 0) is 0 Å². The second kappa shape index (κ2) is 7.33. The van der Waals surface area contributed by atoms with Gasteiger partial charge < -0.3 is 9.84 Å². The van der Waals surface area contributed by atoms with Crippen molar-refractivity contribution in [2.75, 3.05) is 7.11 Å². The van der Waals surface area contributed by atoms with Crippen LogP contribution < -0.4 is 4.74 Å². The number of aliphatic hydroxyl groups is 1. The summed E-state index contributed by atoms with van der Waals surface area (Å²) in [5, 5.41) is 10.1. The molecular formula is C15H24O2. The summed E-state index contributed by atoms with van der Waals surface area (Å²) in [5.74, 6) is 0.881. The van der Waals surface area contributed by atoms with Gasteiger partial charge in [0, 0.05) is 0 Å². The summed E-state index contributed by atoms with van der Waals surface area (Å²) >= 11 is 0. The average Bonchev–Trinajstić information content (AvgIpc) is 2.34. The van der Waals surface area contributed by atoms with E-state index in [-0.39, 0.29) is 6.10 Å².